The molecule has 3 aliphatic rings. The third-order valence-corrected chi connectivity index (χ3v) is 14.3. The predicted octanol–water partition coefficient (Wildman–Crippen LogP) is 7.83. The molecule has 0 aromatic rings. The molecule has 3 rings (SSSR count). The van der Waals surface area contributed by atoms with E-state index in [1.165, 1.54) is 19.8 Å². The van der Waals surface area contributed by atoms with Crippen molar-refractivity contribution in [2.24, 2.45) is 22.7 Å². The lowest BCUT2D eigenvalue weighted by Crippen LogP contribution is -2.52. The first-order chi connectivity index (χ1) is 14.5. The maximum Gasteiger partial charge on any atom is 0.303 e. The summed E-state index contributed by atoms with van der Waals surface area (Å²) >= 11 is 0. The van der Waals surface area contributed by atoms with Crippen LogP contribution in [0.15, 0.2) is 23.3 Å². The number of carbonyl (C=O) groups excluding carboxylic acids is 1. The van der Waals surface area contributed by atoms with E-state index >= 15 is 0 Å². The fourth-order valence-corrected chi connectivity index (χ4v) is 7.98. The number of rotatable bonds is 3. The molecule has 32 heavy (non-hydrogen) atoms. The minimum absolute atomic E-state index is 0.116. The summed E-state index contributed by atoms with van der Waals surface area (Å²) in [5.41, 5.74) is 4.53. The molecule has 2 saturated carbocycles. The van der Waals surface area contributed by atoms with Gasteiger partial charge in [0.25, 0.3) is 0 Å². The second-order valence-corrected chi connectivity index (χ2v) is 18.1. The van der Waals surface area contributed by atoms with Gasteiger partial charge in [-0.25, -0.2) is 0 Å². The van der Waals surface area contributed by atoms with Crippen molar-refractivity contribution in [1.29, 1.82) is 0 Å². The Balaban J connectivity index is 2.07. The van der Waals surface area contributed by atoms with Gasteiger partial charge in [-0.2, -0.15) is 0 Å². The van der Waals surface area contributed by atoms with Gasteiger partial charge in [-0.15, -0.1) is 0 Å². The van der Waals surface area contributed by atoms with Gasteiger partial charge in [-0.3, -0.25) is 4.79 Å². The maximum atomic E-state index is 11.7. The summed E-state index contributed by atoms with van der Waals surface area (Å²) in [5, 5.41) is 0.179. The van der Waals surface area contributed by atoms with Crippen LogP contribution < -0.4 is 0 Å². The molecule has 182 valence electrons. The highest BCUT2D eigenvalue weighted by Gasteiger charge is 2.54. The first kappa shape index (κ1) is 25.7. The third kappa shape index (κ3) is 4.55. The van der Waals surface area contributed by atoms with Crippen LogP contribution in [-0.2, 0) is 14.0 Å². The molecule has 0 aliphatic heterocycles. The molecule has 4 heteroatoms. The zero-order chi connectivity index (χ0) is 24.3. The Morgan fingerprint density at radius 3 is 2.31 bits per heavy atom. The lowest BCUT2D eigenvalue weighted by atomic mass is 9.52. The molecule has 2 bridgehead atoms. The van der Waals surface area contributed by atoms with E-state index in [1.807, 2.05) is 0 Å². The van der Waals surface area contributed by atoms with Crippen LogP contribution in [0.3, 0.4) is 0 Å². The molecular formula is C28H48O3Si. The van der Waals surface area contributed by atoms with E-state index in [2.05, 4.69) is 68.1 Å². The van der Waals surface area contributed by atoms with Crippen LogP contribution in [0, 0.1) is 22.7 Å². The van der Waals surface area contributed by atoms with Crippen LogP contribution in [-0.4, -0.2) is 26.5 Å². The molecular weight excluding hydrogens is 412 g/mol. The standard InChI is InChI=1S/C28H48O3Si/c1-18-12-13-21-16-22-19(2)23(30-20(3)29)14-15-28(22,9)17-24(25(18)27(21,7)8)31-32(10,11)26(4,5)6/h21-24H,2,12-17H2,1,3-11H3/t21-,22+,23-,24-,28-/m0/s1. The summed E-state index contributed by atoms with van der Waals surface area (Å²) in [6.07, 6.45) is 6.56. The van der Waals surface area contributed by atoms with Crippen molar-refractivity contribution in [1.82, 2.24) is 0 Å². The van der Waals surface area contributed by atoms with Gasteiger partial charge in [0.05, 0.1) is 6.10 Å². The lowest BCUT2D eigenvalue weighted by molar-refractivity contribution is -0.147. The van der Waals surface area contributed by atoms with E-state index in [0.29, 0.717) is 11.8 Å². The van der Waals surface area contributed by atoms with E-state index in [9.17, 15) is 4.79 Å². The van der Waals surface area contributed by atoms with Crippen molar-refractivity contribution in [3.63, 3.8) is 0 Å². The van der Waals surface area contributed by atoms with Gasteiger partial charge in [0.1, 0.15) is 6.10 Å². The second-order valence-electron chi connectivity index (χ2n) is 13.4. The summed E-state index contributed by atoms with van der Waals surface area (Å²) < 4.78 is 13.0. The highest BCUT2D eigenvalue weighted by Crippen LogP contribution is 2.60. The monoisotopic (exact) mass is 460 g/mol. The molecule has 5 atom stereocenters. The van der Waals surface area contributed by atoms with Gasteiger partial charge in [-0.1, -0.05) is 53.7 Å². The Kier molecular flexibility index (Phi) is 6.77. The van der Waals surface area contributed by atoms with Crippen LogP contribution in [0.2, 0.25) is 18.1 Å². The third-order valence-electron chi connectivity index (χ3n) is 9.77. The fourth-order valence-electron chi connectivity index (χ4n) is 6.71. The number of hydrogen-bond acceptors (Lipinski definition) is 3. The molecule has 0 spiro atoms. The van der Waals surface area contributed by atoms with E-state index < -0.39 is 8.32 Å². The largest absolute Gasteiger partial charge is 0.458 e. The van der Waals surface area contributed by atoms with Crippen molar-refractivity contribution in [2.45, 2.75) is 124 Å². The van der Waals surface area contributed by atoms with E-state index in [-0.39, 0.29) is 34.0 Å². The average molecular weight is 461 g/mol. The highest BCUT2D eigenvalue weighted by atomic mass is 28.4. The van der Waals surface area contributed by atoms with Gasteiger partial charge in [0, 0.05) is 6.92 Å². The minimum Gasteiger partial charge on any atom is -0.458 e. The SMILES string of the molecule is C=C1[C@@H](OC(C)=O)CC[C@@]2(C)C[C@H](O[Si](C)(C)C(C)(C)C)C3=C(C)CC[C@@H](C[C@H]12)C3(C)C. The van der Waals surface area contributed by atoms with Crippen molar-refractivity contribution in [2.75, 3.05) is 0 Å². The van der Waals surface area contributed by atoms with Gasteiger partial charge < -0.3 is 9.16 Å². The molecule has 0 amide bonds. The number of carbonyl (C=O) groups is 1. The quantitative estimate of drug-likeness (QED) is 0.244. The molecule has 3 nitrogen and oxygen atoms in total. The first-order valence-corrected chi connectivity index (χ1v) is 15.6. The van der Waals surface area contributed by atoms with Gasteiger partial charge in [0.15, 0.2) is 8.32 Å². The number of fused-ring (bicyclic) bond motifs is 3. The topological polar surface area (TPSA) is 35.5 Å². The number of esters is 1. The molecule has 3 aliphatic carbocycles. The molecule has 0 N–H and O–H groups in total. The summed E-state index contributed by atoms with van der Waals surface area (Å²) in [7, 11) is -1.95. The van der Waals surface area contributed by atoms with Gasteiger partial charge in [-0.05, 0) is 97.4 Å². The lowest BCUT2D eigenvalue weighted by Gasteiger charge is -2.56. The molecule has 0 saturated heterocycles. The van der Waals surface area contributed by atoms with Crippen LogP contribution in [0.25, 0.3) is 0 Å². The minimum atomic E-state index is -1.95. The molecule has 0 heterocycles. The van der Waals surface area contributed by atoms with Crippen molar-refractivity contribution in [3.05, 3.63) is 23.3 Å². The Bertz CT molecular complexity index is 800. The van der Waals surface area contributed by atoms with E-state index in [0.717, 1.165) is 31.3 Å². The number of ether oxygens (including phenoxy) is 1. The van der Waals surface area contributed by atoms with Crippen molar-refractivity contribution >= 4 is 14.3 Å². The zero-order valence-corrected chi connectivity index (χ0v) is 23.5. The normalized spacial score (nSPS) is 35.6. The molecule has 0 aromatic carbocycles. The Labute approximate surface area is 198 Å². The first-order valence-electron chi connectivity index (χ1n) is 12.7. The summed E-state index contributed by atoms with van der Waals surface area (Å²) in [4.78, 5) is 11.7. The van der Waals surface area contributed by atoms with Gasteiger partial charge >= 0.3 is 5.97 Å². The van der Waals surface area contributed by atoms with Crippen LogP contribution >= 0.6 is 0 Å². The van der Waals surface area contributed by atoms with Crippen LogP contribution in [0.4, 0.5) is 0 Å². The Morgan fingerprint density at radius 2 is 1.75 bits per heavy atom. The Morgan fingerprint density at radius 1 is 1.12 bits per heavy atom. The van der Waals surface area contributed by atoms with E-state index in [1.54, 1.807) is 11.1 Å². The highest BCUT2D eigenvalue weighted by molar-refractivity contribution is 6.74. The second kappa shape index (κ2) is 8.41. The summed E-state index contributed by atoms with van der Waals surface area (Å²) in [5.74, 6) is 0.781. The fraction of sp³-hybridized carbons (Fsp3) is 0.821. The van der Waals surface area contributed by atoms with E-state index in [4.69, 9.17) is 9.16 Å². The maximum absolute atomic E-state index is 11.7. The zero-order valence-electron chi connectivity index (χ0n) is 22.5. The van der Waals surface area contributed by atoms with Crippen molar-refractivity contribution < 1.29 is 14.0 Å². The van der Waals surface area contributed by atoms with Crippen molar-refractivity contribution in [3.8, 4) is 0 Å². The van der Waals surface area contributed by atoms with Crippen LogP contribution in [0.1, 0.15) is 93.9 Å². The average Bonchev–Trinajstić information content (AvgIpc) is 2.60. The predicted molar refractivity (Wildman–Crippen MR) is 136 cm³/mol. The van der Waals surface area contributed by atoms with Crippen LogP contribution in [0.5, 0.6) is 0 Å². The summed E-state index contributed by atoms with van der Waals surface area (Å²) in [6, 6.07) is 0. The molecule has 0 aromatic heterocycles. The molecule has 0 unspecified atom stereocenters. The summed E-state index contributed by atoms with van der Waals surface area (Å²) in [6.45, 7) is 27.6. The Hall–Kier alpha value is -0.873. The molecule has 2 fully saturated rings. The molecule has 0 radical (unpaired) electrons. The number of allylic oxidation sites excluding steroid dienone is 1. The number of hydrogen-bond donors (Lipinski definition) is 0. The van der Waals surface area contributed by atoms with Gasteiger partial charge in [0.2, 0.25) is 0 Å². The smallest absolute Gasteiger partial charge is 0.303 e.